The summed E-state index contributed by atoms with van der Waals surface area (Å²) < 4.78 is 35.7. The molecule has 0 bridgehead atoms. The minimum Gasteiger partial charge on any atom is -0.489 e. The average Bonchev–Trinajstić information content (AvgIpc) is 2.60. The zero-order valence-corrected chi connectivity index (χ0v) is 18.7. The van der Waals surface area contributed by atoms with Gasteiger partial charge in [0.05, 0.1) is 6.61 Å². The largest absolute Gasteiger partial charge is 0.540 e. The molecule has 27 heavy (non-hydrogen) atoms. The summed E-state index contributed by atoms with van der Waals surface area (Å²) in [6.45, 7) is 16.1. The van der Waals surface area contributed by atoms with Gasteiger partial charge in [0, 0.05) is 37.7 Å². The highest BCUT2D eigenvalue weighted by atomic mass is 28.4. The van der Waals surface area contributed by atoms with Gasteiger partial charge in [-0.1, -0.05) is 20.8 Å². The number of benzene rings is 1. The van der Waals surface area contributed by atoms with E-state index in [1.54, 1.807) is 0 Å². The van der Waals surface area contributed by atoms with E-state index in [1.165, 1.54) is 0 Å². The van der Waals surface area contributed by atoms with Gasteiger partial charge in [0.25, 0.3) is 0 Å². The van der Waals surface area contributed by atoms with Crippen LogP contribution in [0.3, 0.4) is 0 Å². The van der Waals surface area contributed by atoms with Crippen molar-refractivity contribution in [2.75, 3.05) is 26.1 Å². The Labute approximate surface area is 164 Å². The van der Waals surface area contributed by atoms with Crippen molar-refractivity contribution in [2.24, 2.45) is 5.41 Å². The molecule has 1 unspecified atom stereocenters. The summed E-state index contributed by atoms with van der Waals surface area (Å²) in [4.78, 5) is 0. The van der Waals surface area contributed by atoms with Crippen LogP contribution in [0.2, 0.25) is 0 Å². The van der Waals surface area contributed by atoms with Crippen molar-refractivity contribution < 1.29 is 27.5 Å². The van der Waals surface area contributed by atoms with Crippen molar-refractivity contribution >= 4 is 8.80 Å². The number of hydrogen-bond acceptors (Lipinski definition) is 6. The summed E-state index contributed by atoms with van der Waals surface area (Å²) in [5.41, 5.74) is 0.822. The molecule has 1 aromatic carbocycles. The number of rotatable bonds is 9. The molecule has 0 saturated heterocycles. The smallest absolute Gasteiger partial charge is 0.489 e. The van der Waals surface area contributed by atoms with E-state index in [1.807, 2.05) is 45.9 Å². The fourth-order valence-corrected chi connectivity index (χ4v) is 4.93. The lowest BCUT2D eigenvalue weighted by atomic mass is 9.86. The predicted molar refractivity (Wildman–Crippen MR) is 106 cm³/mol. The Morgan fingerprint density at radius 3 is 2.15 bits per heavy atom. The van der Waals surface area contributed by atoms with Gasteiger partial charge in [0.1, 0.15) is 11.5 Å². The molecule has 0 radical (unpaired) electrons. The third-order valence-electron chi connectivity index (χ3n) is 4.71. The molecular formula is C20H34O6Si. The van der Waals surface area contributed by atoms with Gasteiger partial charge < -0.3 is 27.5 Å². The van der Waals surface area contributed by atoms with Crippen LogP contribution in [0.4, 0.5) is 0 Å². The molecule has 1 aromatic rings. The van der Waals surface area contributed by atoms with E-state index >= 15 is 0 Å². The Morgan fingerprint density at radius 2 is 1.63 bits per heavy atom. The number of fused-ring (bicyclic) bond motifs is 1. The van der Waals surface area contributed by atoms with Gasteiger partial charge in [-0.25, -0.2) is 0 Å². The molecule has 6 nitrogen and oxygen atoms in total. The van der Waals surface area contributed by atoms with Gasteiger partial charge in [-0.3, -0.25) is 0 Å². The maximum atomic E-state index is 6.16. The van der Waals surface area contributed by atoms with Crippen LogP contribution in [-0.4, -0.2) is 40.6 Å². The Kier molecular flexibility index (Phi) is 7.32. The standard InChI is InChI=1S/C20H34O6Si/c1-8-23-27(24-9-2,25-10-3)15-21-17-11-12-18-16(13-17)14-22-20(7,26-18)19(4,5)6/h11-13H,8-10,14-15H2,1-7H3. The molecule has 7 heteroatoms. The van der Waals surface area contributed by atoms with Crippen molar-refractivity contribution in [1.29, 1.82) is 0 Å². The van der Waals surface area contributed by atoms with Crippen LogP contribution >= 0.6 is 0 Å². The topological polar surface area (TPSA) is 55.4 Å². The highest BCUT2D eigenvalue weighted by Crippen LogP contribution is 2.42. The second-order valence-corrected chi connectivity index (χ2v) is 10.1. The van der Waals surface area contributed by atoms with Crippen LogP contribution in [0.5, 0.6) is 11.5 Å². The van der Waals surface area contributed by atoms with Gasteiger partial charge in [-0.05, 0) is 39.0 Å². The van der Waals surface area contributed by atoms with Crippen molar-refractivity contribution in [3.63, 3.8) is 0 Å². The van der Waals surface area contributed by atoms with E-state index < -0.39 is 14.6 Å². The normalized spacial score (nSPS) is 20.1. The minimum atomic E-state index is -2.85. The van der Waals surface area contributed by atoms with E-state index in [0.717, 1.165) is 17.1 Å². The second-order valence-electron chi connectivity index (χ2n) is 7.63. The Hall–Kier alpha value is -1.12. The van der Waals surface area contributed by atoms with Gasteiger partial charge in [-0.2, -0.15) is 0 Å². The molecule has 0 amide bonds. The Morgan fingerprint density at radius 1 is 1.04 bits per heavy atom. The fourth-order valence-electron chi connectivity index (χ4n) is 2.76. The molecule has 1 heterocycles. The third-order valence-corrected chi connectivity index (χ3v) is 7.39. The van der Waals surface area contributed by atoms with E-state index in [-0.39, 0.29) is 11.6 Å². The lowest BCUT2D eigenvalue weighted by Gasteiger charge is -2.44. The van der Waals surface area contributed by atoms with E-state index in [2.05, 4.69) is 20.8 Å². The molecule has 1 aliphatic rings. The molecule has 0 aromatic heterocycles. The maximum absolute atomic E-state index is 6.16. The molecule has 0 fully saturated rings. The quantitative estimate of drug-likeness (QED) is 0.577. The Balaban J connectivity index is 2.11. The molecular weight excluding hydrogens is 364 g/mol. The average molecular weight is 399 g/mol. The van der Waals surface area contributed by atoms with Crippen molar-refractivity contribution in [1.82, 2.24) is 0 Å². The highest BCUT2D eigenvalue weighted by molar-refractivity contribution is 6.60. The predicted octanol–water partition coefficient (Wildman–Crippen LogP) is 4.32. The van der Waals surface area contributed by atoms with Crippen LogP contribution in [-0.2, 0) is 24.6 Å². The monoisotopic (exact) mass is 398 g/mol. The van der Waals surface area contributed by atoms with Crippen LogP contribution in [0.1, 0.15) is 54.0 Å². The summed E-state index contributed by atoms with van der Waals surface area (Å²) in [5.74, 6) is 0.883. The molecule has 1 aliphatic heterocycles. The van der Waals surface area contributed by atoms with Crippen molar-refractivity contribution in [3.05, 3.63) is 23.8 Å². The molecule has 154 valence electrons. The fraction of sp³-hybridized carbons (Fsp3) is 0.700. The van der Waals surface area contributed by atoms with E-state index in [9.17, 15) is 0 Å². The first-order valence-electron chi connectivity index (χ1n) is 9.69. The van der Waals surface area contributed by atoms with E-state index in [4.69, 9.17) is 27.5 Å². The summed E-state index contributed by atoms with van der Waals surface area (Å²) >= 11 is 0. The Bertz CT molecular complexity index is 598. The first-order valence-corrected chi connectivity index (χ1v) is 11.6. The van der Waals surface area contributed by atoms with Gasteiger partial charge >= 0.3 is 8.80 Å². The summed E-state index contributed by atoms with van der Waals surface area (Å²) in [6, 6.07) is 5.78. The third kappa shape index (κ3) is 5.23. The highest BCUT2D eigenvalue weighted by Gasteiger charge is 2.44. The number of hydrogen-bond donors (Lipinski definition) is 0. The van der Waals surface area contributed by atoms with Crippen molar-refractivity contribution in [2.45, 2.75) is 60.9 Å². The van der Waals surface area contributed by atoms with Crippen molar-refractivity contribution in [3.8, 4) is 11.5 Å². The van der Waals surface area contributed by atoms with Gasteiger partial charge in [-0.15, -0.1) is 0 Å². The zero-order chi connectivity index (χ0) is 20.1. The second kappa shape index (κ2) is 8.92. The summed E-state index contributed by atoms with van der Waals surface area (Å²) in [6.07, 6.45) is 0.267. The van der Waals surface area contributed by atoms with Crippen LogP contribution in [0.15, 0.2) is 18.2 Å². The molecule has 0 spiro atoms. The van der Waals surface area contributed by atoms with E-state index in [0.29, 0.717) is 26.4 Å². The van der Waals surface area contributed by atoms with Gasteiger partial charge in [0.15, 0.2) is 6.23 Å². The van der Waals surface area contributed by atoms with Crippen LogP contribution < -0.4 is 9.47 Å². The van der Waals surface area contributed by atoms with Crippen LogP contribution in [0, 0.1) is 5.41 Å². The first kappa shape index (κ1) is 22.2. The summed E-state index contributed by atoms with van der Waals surface area (Å²) in [5, 5.41) is 0. The molecule has 1 atom stereocenters. The van der Waals surface area contributed by atoms with Crippen LogP contribution in [0.25, 0.3) is 0 Å². The molecule has 0 N–H and O–H groups in total. The molecule has 0 saturated carbocycles. The lowest BCUT2D eigenvalue weighted by molar-refractivity contribution is -0.249. The molecule has 2 rings (SSSR count). The SMILES string of the molecule is CCO[Si](COc1ccc2c(c1)COC(C)(C(C)(C)C)O2)(OCC)OCC. The lowest BCUT2D eigenvalue weighted by Crippen LogP contribution is -2.51. The molecule has 0 aliphatic carbocycles. The minimum absolute atomic E-state index is 0.141. The summed E-state index contributed by atoms with van der Waals surface area (Å²) in [7, 11) is -2.85. The van der Waals surface area contributed by atoms with Gasteiger partial charge in [0.2, 0.25) is 5.79 Å². The first-order chi connectivity index (χ1) is 12.7. The maximum Gasteiger partial charge on any atom is 0.540 e. The number of ether oxygens (including phenoxy) is 3. The zero-order valence-electron chi connectivity index (χ0n) is 17.7.